The second-order valence-corrected chi connectivity index (χ2v) is 6.30. The van der Waals surface area contributed by atoms with Crippen molar-refractivity contribution in [1.82, 2.24) is 10.2 Å². The highest BCUT2D eigenvalue weighted by Crippen LogP contribution is 2.38. The van der Waals surface area contributed by atoms with Crippen LogP contribution < -0.4 is 5.32 Å². The quantitative estimate of drug-likeness (QED) is 0.915. The van der Waals surface area contributed by atoms with Crippen LogP contribution >= 0.6 is 0 Å². The highest BCUT2D eigenvalue weighted by molar-refractivity contribution is 5.76. The Morgan fingerprint density at radius 1 is 1.15 bits per heavy atom. The number of carbonyl (C=O) groups is 1. The first-order valence-corrected chi connectivity index (χ1v) is 7.80. The van der Waals surface area contributed by atoms with Crippen LogP contribution in [0.3, 0.4) is 0 Å². The standard InChI is InChI=1S/C17H24N2O/c20-16(7-6-15-4-2-1-3-5-15)19-13-10-17(14-19)8-11-18-12-9-17/h1-5,18H,6-14H2. The molecule has 0 bridgehead atoms. The fraction of sp³-hybridized carbons (Fsp3) is 0.588. The summed E-state index contributed by atoms with van der Waals surface area (Å²) >= 11 is 0. The number of hydrogen-bond donors (Lipinski definition) is 1. The van der Waals surface area contributed by atoms with Crippen molar-refractivity contribution in [2.75, 3.05) is 26.2 Å². The first-order chi connectivity index (χ1) is 9.77. The number of piperidine rings is 1. The van der Waals surface area contributed by atoms with Gasteiger partial charge in [0.15, 0.2) is 0 Å². The minimum Gasteiger partial charge on any atom is -0.342 e. The van der Waals surface area contributed by atoms with Gasteiger partial charge < -0.3 is 10.2 Å². The molecule has 3 nitrogen and oxygen atoms in total. The maximum atomic E-state index is 12.4. The Hall–Kier alpha value is -1.35. The van der Waals surface area contributed by atoms with Gasteiger partial charge in [-0.1, -0.05) is 30.3 Å². The van der Waals surface area contributed by atoms with Gasteiger partial charge in [-0.05, 0) is 49.8 Å². The molecule has 1 amide bonds. The van der Waals surface area contributed by atoms with Gasteiger partial charge in [0.1, 0.15) is 0 Å². The summed E-state index contributed by atoms with van der Waals surface area (Å²) in [5.74, 6) is 0.337. The maximum Gasteiger partial charge on any atom is 0.222 e. The molecule has 0 aliphatic carbocycles. The van der Waals surface area contributed by atoms with Crippen LogP contribution in [0, 0.1) is 5.41 Å². The summed E-state index contributed by atoms with van der Waals surface area (Å²) in [6.07, 6.45) is 5.18. The van der Waals surface area contributed by atoms with Crippen molar-refractivity contribution in [1.29, 1.82) is 0 Å². The molecule has 2 fully saturated rings. The largest absolute Gasteiger partial charge is 0.342 e. The summed E-state index contributed by atoms with van der Waals surface area (Å²) < 4.78 is 0. The van der Waals surface area contributed by atoms with Gasteiger partial charge in [-0.3, -0.25) is 4.79 Å². The highest BCUT2D eigenvalue weighted by atomic mass is 16.2. The zero-order valence-electron chi connectivity index (χ0n) is 12.1. The average molecular weight is 272 g/mol. The molecule has 1 spiro atoms. The van der Waals surface area contributed by atoms with E-state index >= 15 is 0 Å². The molecule has 2 heterocycles. The van der Waals surface area contributed by atoms with Crippen LogP contribution in [0.5, 0.6) is 0 Å². The van der Waals surface area contributed by atoms with Gasteiger partial charge >= 0.3 is 0 Å². The molecular weight excluding hydrogens is 248 g/mol. The molecule has 0 saturated carbocycles. The van der Waals surface area contributed by atoms with E-state index in [0.29, 0.717) is 17.7 Å². The van der Waals surface area contributed by atoms with E-state index in [4.69, 9.17) is 0 Å². The van der Waals surface area contributed by atoms with Crippen LogP contribution in [-0.4, -0.2) is 37.0 Å². The second-order valence-electron chi connectivity index (χ2n) is 6.30. The molecule has 2 saturated heterocycles. The average Bonchev–Trinajstić information content (AvgIpc) is 2.90. The fourth-order valence-corrected chi connectivity index (χ4v) is 3.57. The van der Waals surface area contributed by atoms with Gasteiger partial charge in [-0.2, -0.15) is 0 Å². The Morgan fingerprint density at radius 2 is 1.90 bits per heavy atom. The third-order valence-electron chi connectivity index (χ3n) is 4.93. The number of carbonyl (C=O) groups excluding carboxylic acids is 1. The molecule has 2 aliphatic heterocycles. The molecule has 3 rings (SSSR count). The molecule has 3 heteroatoms. The Kier molecular flexibility index (Phi) is 4.06. The fourth-order valence-electron chi connectivity index (χ4n) is 3.57. The number of hydrogen-bond acceptors (Lipinski definition) is 2. The van der Waals surface area contributed by atoms with E-state index < -0.39 is 0 Å². The number of nitrogens with zero attached hydrogens (tertiary/aromatic N) is 1. The van der Waals surface area contributed by atoms with E-state index in [1.54, 1.807) is 0 Å². The van der Waals surface area contributed by atoms with Crippen LogP contribution in [0.15, 0.2) is 30.3 Å². The minimum atomic E-state index is 0.337. The molecule has 1 aromatic carbocycles. The van der Waals surface area contributed by atoms with Gasteiger partial charge in [0.2, 0.25) is 5.91 Å². The zero-order valence-corrected chi connectivity index (χ0v) is 12.1. The summed E-state index contributed by atoms with van der Waals surface area (Å²) in [7, 11) is 0. The van der Waals surface area contributed by atoms with Crippen LogP contribution in [0.2, 0.25) is 0 Å². The summed E-state index contributed by atoms with van der Waals surface area (Å²) in [6, 6.07) is 10.3. The lowest BCUT2D eigenvalue weighted by Gasteiger charge is -2.33. The van der Waals surface area contributed by atoms with Crippen LogP contribution in [0.1, 0.15) is 31.2 Å². The van der Waals surface area contributed by atoms with E-state index in [9.17, 15) is 4.79 Å². The third-order valence-corrected chi connectivity index (χ3v) is 4.93. The van der Waals surface area contributed by atoms with Gasteiger partial charge in [0, 0.05) is 19.5 Å². The first kappa shape index (κ1) is 13.6. The van der Waals surface area contributed by atoms with E-state index in [2.05, 4.69) is 22.3 Å². The molecule has 0 atom stereocenters. The number of amides is 1. The number of rotatable bonds is 3. The van der Waals surface area contributed by atoms with Crippen molar-refractivity contribution in [2.45, 2.75) is 32.1 Å². The smallest absolute Gasteiger partial charge is 0.222 e. The zero-order chi connectivity index (χ0) is 13.8. The highest BCUT2D eigenvalue weighted by Gasteiger charge is 2.40. The third kappa shape index (κ3) is 3.04. The van der Waals surface area contributed by atoms with Crippen molar-refractivity contribution in [2.24, 2.45) is 5.41 Å². The summed E-state index contributed by atoms with van der Waals surface area (Å²) in [5, 5.41) is 3.42. The minimum absolute atomic E-state index is 0.337. The van der Waals surface area contributed by atoms with E-state index in [-0.39, 0.29) is 0 Å². The summed E-state index contributed by atoms with van der Waals surface area (Å²) in [5.41, 5.74) is 1.69. The predicted molar refractivity (Wildman–Crippen MR) is 80.5 cm³/mol. The SMILES string of the molecule is O=C(CCc1ccccc1)N1CCC2(CCNCC2)C1. The van der Waals surface area contributed by atoms with Gasteiger partial charge in [0.05, 0.1) is 0 Å². The molecule has 1 N–H and O–H groups in total. The van der Waals surface area contributed by atoms with Crippen molar-refractivity contribution < 1.29 is 4.79 Å². The summed E-state index contributed by atoms with van der Waals surface area (Å²) in [6.45, 7) is 4.19. The molecule has 2 aliphatic rings. The first-order valence-electron chi connectivity index (χ1n) is 7.80. The Bertz CT molecular complexity index is 451. The van der Waals surface area contributed by atoms with Crippen molar-refractivity contribution >= 4 is 5.91 Å². The van der Waals surface area contributed by atoms with Crippen molar-refractivity contribution in [3.63, 3.8) is 0 Å². The van der Waals surface area contributed by atoms with Crippen molar-refractivity contribution in [3.05, 3.63) is 35.9 Å². The topological polar surface area (TPSA) is 32.3 Å². The maximum absolute atomic E-state index is 12.4. The Morgan fingerprint density at radius 3 is 2.65 bits per heavy atom. The molecule has 0 unspecified atom stereocenters. The van der Waals surface area contributed by atoms with Gasteiger partial charge in [-0.15, -0.1) is 0 Å². The monoisotopic (exact) mass is 272 g/mol. The lowest BCUT2D eigenvalue weighted by atomic mass is 9.78. The lowest BCUT2D eigenvalue weighted by molar-refractivity contribution is -0.130. The number of aryl methyl sites for hydroxylation is 1. The molecule has 1 aromatic rings. The van der Waals surface area contributed by atoms with Gasteiger partial charge in [0.25, 0.3) is 0 Å². The van der Waals surface area contributed by atoms with Crippen molar-refractivity contribution in [3.8, 4) is 0 Å². The Labute approximate surface area is 121 Å². The number of likely N-dealkylation sites (tertiary alicyclic amines) is 1. The molecule has 108 valence electrons. The van der Waals surface area contributed by atoms with Crippen LogP contribution in [0.25, 0.3) is 0 Å². The normalized spacial score (nSPS) is 21.3. The van der Waals surface area contributed by atoms with Gasteiger partial charge in [-0.25, -0.2) is 0 Å². The van der Waals surface area contributed by atoms with Crippen LogP contribution in [0.4, 0.5) is 0 Å². The molecule has 0 aromatic heterocycles. The predicted octanol–water partition coefficient (Wildman–Crippen LogP) is 2.22. The van der Waals surface area contributed by atoms with E-state index in [1.807, 2.05) is 18.2 Å². The van der Waals surface area contributed by atoms with E-state index in [0.717, 1.165) is 32.6 Å². The second kappa shape index (κ2) is 5.96. The lowest BCUT2D eigenvalue weighted by Crippen LogP contribution is -2.39. The molecule has 20 heavy (non-hydrogen) atoms. The number of benzene rings is 1. The molecular formula is C17H24N2O. The van der Waals surface area contributed by atoms with Crippen LogP contribution in [-0.2, 0) is 11.2 Å². The Balaban J connectivity index is 1.51. The number of nitrogens with one attached hydrogen (secondary N) is 1. The van der Waals surface area contributed by atoms with E-state index in [1.165, 1.54) is 24.8 Å². The molecule has 0 radical (unpaired) electrons. The summed E-state index contributed by atoms with van der Waals surface area (Å²) in [4.78, 5) is 14.5.